The molecule has 116 valence electrons. The van der Waals surface area contributed by atoms with Gasteiger partial charge in [-0.2, -0.15) is 0 Å². The van der Waals surface area contributed by atoms with Crippen molar-refractivity contribution >= 4 is 5.69 Å². The van der Waals surface area contributed by atoms with Crippen LogP contribution in [0.15, 0.2) is 18.2 Å². The number of piperazine rings is 1. The van der Waals surface area contributed by atoms with Crippen molar-refractivity contribution in [3.05, 3.63) is 23.8 Å². The highest BCUT2D eigenvalue weighted by atomic mass is 16.5. The lowest BCUT2D eigenvalue weighted by Crippen LogP contribution is -2.48. The van der Waals surface area contributed by atoms with E-state index in [1.165, 1.54) is 5.56 Å². The average Bonchev–Trinajstić information content (AvgIpc) is 2.55. The predicted octanol–water partition coefficient (Wildman–Crippen LogP) is 2.11. The lowest BCUT2D eigenvalue weighted by molar-refractivity contribution is 0.183. The van der Waals surface area contributed by atoms with Crippen LogP contribution in [0.2, 0.25) is 0 Å². The molecular formula is C17H27N3O. The second kappa shape index (κ2) is 6.67. The van der Waals surface area contributed by atoms with E-state index < -0.39 is 0 Å². The summed E-state index contributed by atoms with van der Waals surface area (Å²) in [6.45, 7) is 9.96. The van der Waals surface area contributed by atoms with E-state index in [0.29, 0.717) is 12.1 Å². The van der Waals surface area contributed by atoms with Crippen LogP contribution >= 0.6 is 0 Å². The zero-order chi connectivity index (χ0) is 14.7. The van der Waals surface area contributed by atoms with Crippen molar-refractivity contribution in [3.8, 4) is 5.75 Å². The molecule has 0 aliphatic carbocycles. The van der Waals surface area contributed by atoms with Crippen LogP contribution in [0, 0.1) is 0 Å². The highest BCUT2D eigenvalue weighted by Crippen LogP contribution is 2.31. The molecule has 0 saturated carbocycles. The normalized spacial score (nSPS) is 23.8. The Balaban J connectivity index is 1.64. The predicted molar refractivity (Wildman–Crippen MR) is 87.2 cm³/mol. The number of benzene rings is 1. The summed E-state index contributed by atoms with van der Waals surface area (Å²) in [7, 11) is 0. The van der Waals surface area contributed by atoms with Crippen LogP contribution in [0.4, 0.5) is 5.69 Å². The molecule has 1 aromatic rings. The van der Waals surface area contributed by atoms with Gasteiger partial charge in [0.1, 0.15) is 11.9 Å². The van der Waals surface area contributed by atoms with Crippen LogP contribution in [-0.4, -0.2) is 49.8 Å². The quantitative estimate of drug-likeness (QED) is 0.890. The number of anilines is 1. The Bertz CT molecular complexity index is 471. The van der Waals surface area contributed by atoms with Crippen molar-refractivity contribution in [2.45, 2.75) is 38.8 Å². The standard InChI is InChI=1S/C17H27N3O/c1-3-15-12-19-16-11-14(4-5-17(16)21-15)10-13(2)20-8-6-18-7-9-20/h4-5,11,13,15,18-19H,3,6-10,12H2,1-2H3. The van der Waals surface area contributed by atoms with Crippen molar-refractivity contribution < 1.29 is 4.74 Å². The fourth-order valence-corrected chi connectivity index (χ4v) is 3.21. The molecule has 21 heavy (non-hydrogen) atoms. The zero-order valence-electron chi connectivity index (χ0n) is 13.2. The van der Waals surface area contributed by atoms with E-state index in [4.69, 9.17) is 4.74 Å². The van der Waals surface area contributed by atoms with Gasteiger partial charge in [-0.1, -0.05) is 13.0 Å². The van der Waals surface area contributed by atoms with Gasteiger partial charge in [-0.05, 0) is 37.5 Å². The molecule has 2 heterocycles. The van der Waals surface area contributed by atoms with Crippen LogP contribution in [0.3, 0.4) is 0 Å². The second-order valence-electron chi connectivity index (χ2n) is 6.20. The molecule has 0 aromatic heterocycles. The minimum absolute atomic E-state index is 0.308. The van der Waals surface area contributed by atoms with Crippen molar-refractivity contribution in [3.63, 3.8) is 0 Å². The van der Waals surface area contributed by atoms with Crippen LogP contribution in [-0.2, 0) is 6.42 Å². The Hall–Kier alpha value is -1.26. The Morgan fingerprint density at radius 3 is 2.90 bits per heavy atom. The number of nitrogens with one attached hydrogen (secondary N) is 2. The van der Waals surface area contributed by atoms with Gasteiger partial charge in [0.25, 0.3) is 0 Å². The molecule has 1 saturated heterocycles. The Kier molecular flexibility index (Phi) is 4.66. The van der Waals surface area contributed by atoms with Gasteiger partial charge < -0.3 is 15.4 Å². The molecule has 0 radical (unpaired) electrons. The summed E-state index contributed by atoms with van der Waals surface area (Å²) in [4.78, 5) is 2.58. The maximum absolute atomic E-state index is 5.98. The zero-order valence-corrected chi connectivity index (χ0v) is 13.2. The molecule has 2 aliphatic heterocycles. The minimum atomic E-state index is 0.308. The highest BCUT2D eigenvalue weighted by molar-refractivity contribution is 5.59. The van der Waals surface area contributed by atoms with Crippen LogP contribution in [0.5, 0.6) is 5.75 Å². The van der Waals surface area contributed by atoms with E-state index in [0.717, 1.165) is 57.0 Å². The van der Waals surface area contributed by atoms with E-state index >= 15 is 0 Å². The summed E-state index contributed by atoms with van der Waals surface area (Å²) < 4.78 is 5.98. The van der Waals surface area contributed by atoms with E-state index in [1.54, 1.807) is 0 Å². The Morgan fingerprint density at radius 1 is 1.33 bits per heavy atom. The number of hydrogen-bond donors (Lipinski definition) is 2. The van der Waals surface area contributed by atoms with Gasteiger partial charge >= 0.3 is 0 Å². The largest absolute Gasteiger partial charge is 0.486 e. The van der Waals surface area contributed by atoms with E-state index in [1.807, 2.05) is 0 Å². The number of rotatable bonds is 4. The van der Waals surface area contributed by atoms with Gasteiger partial charge in [-0.3, -0.25) is 4.90 Å². The van der Waals surface area contributed by atoms with Crippen LogP contribution in [0.1, 0.15) is 25.8 Å². The van der Waals surface area contributed by atoms with E-state index in [2.05, 4.69) is 47.6 Å². The molecule has 0 bridgehead atoms. The molecule has 4 nitrogen and oxygen atoms in total. The summed E-state index contributed by atoms with van der Waals surface area (Å²) >= 11 is 0. The van der Waals surface area contributed by atoms with Gasteiger partial charge in [0, 0.05) is 32.2 Å². The monoisotopic (exact) mass is 289 g/mol. The van der Waals surface area contributed by atoms with Crippen LogP contribution in [0.25, 0.3) is 0 Å². The van der Waals surface area contributed by atoms with Gasteiger partial charge in [0.05, 0.1) is 12.2 Å². The number of ether oxygens (including phenoxy) is 1. The maximum Gasteiger partial charge on any atom is 0.142 e. The highest BCUT2D eigenvalue weighted by Gasteiger charge is 2.20. The molecule has 3 rings (SSSR count). The van der Waals surface area contributed by atoms with Crippen molar-refractivity contribution in [2.75, 3.05) is 38.0 Å². The lowest BCUT2D eigenvalue weighted by atomic mass is 10.0. The number of hydrogen-bond acceptors (Lipinski definition) is 4. The molecule has 2 atom stereocenters. The molecule has 1 fully saturated rings. The third-order valence-corrected chi connectivity index (χ3v) is 4.62. The third kappa shape index (κ3) is 3.50. The van der Waals surface area contributed by atoms with E-state index in [9.17, 15) is 0 Å². The van der Waals surface area contributed by atoms with E-state index in [-0.39, 0.29) is 0 Å². The summed E-state index contributed by atoms with van der Waals surface area (Å²) in [6.07, 6.45) is 2.46. The van der Waals surface area contributed by atoms with Crippen molar-refractivity contribution in [1.29, 1.82) is 0 Å². The summed E-state index contributed by atoms with van der Waals surface area (Å²) in [5.74, 6) is 1.01. The molecule has 0 amide bonds. The first kappa shape index (κ1) is 14.7. The van der Waals surface area contributed by atoms with Crippen LogP contribution < -0.4 is 15.4 Å². The summed E-state index contributed by atoms with van der Waals surface area (Å²) in [5, 5.41) is 6.92. The smallest absolute Gasteiger partial charge is 0.142 e. The first-order chi connectivity index (χ1) is 10.3. The number of nitrogens with zero attached hydrogens (tertiary/aromatic N) is 1. The minimum Gasteiger partial charge on any atom is -0.486 e. The number of fused-ring (bicyclic) bond motifs is 1. The maximum atomic E-state index is 5.98. The second-order valence-corrected chi connectivity index (χ2v) is 6.20. The van der Waals surface area contributed by atoms with Gasteiger partial charge in [0.2, 0.25) is 0 Å². The summed E-state index contributed by atoms with van der Waals surface area (Å²) in [5.41, 5.74) is 2.55. The molecule has 2 unspecified atom stereocenters. The lowest BCUT2D eigenvalue weighted by Gasteiger charge is -2.33. The molecule has 4 heteroatoms. The third-order valence-electron chi connectivity index (χ3n) is 4.62. The first-order valence-electron chi connectivity index (χ1n) is 8.24. The molecule has 0 spiro atoms. The molecule has 2 N–H and O–H groups in total. The first-order valence-corrected chi connectivity index (χ1v) is 8.24. The molecule has 2 aliphatic rings. The van der Waals surface area contributed by atoms with Gasteiger partial charge in [-0.15, -0.1) is 0 Å². The fourth-order valence-electron chi connectivity index (χ4n) is 3.21. The average molecular weight is 289 g/mol. The van der Waals surface area contributed by atoms with Gasteiger partial charge in [-0.25, -0.2) is 0 Å². The van der Waals surface area contributed by atoms with Crippen molar-refractivity contribution in [1.82, 2.24) is 10.2 Å². The fraction of sp³-hybridized carbons (Fsp3) is 0.647. The summed E-state index contributed by atoms with van der Waals surface area (Å²) in [6, 6.07) is 7.21. The Morgan fingerprint density at radius 2 is 2.14 bits per heavy atom. The molecule has 1 aromatic carbocycles. The van der Waals surface area contributed by atoms with Crippen molar-refractivity contribution in [2.24, 2.45) is 0 Å². The molecular weight excluding hydrogens is 262 g/mol. The van der Waals surface area contributed by atoms with Gasteiger partial charge in [0.15, 0.2) is 0 Å². The Labute approximate surface area is 127 Å². The SMILES string of the molecule is CCC1CNc2cc(CC(C)N3CCNCC3)ccc2O1. The topological polar surface area (TPSA) is 36.5 Å².